The van der Waals surface area contributed by atoms with Crippen molar-refractivity contribution < 1.29 is 19.9 Å². The molecule has 0 aliphatic heterocycles. The zero-order valence-electron chi connectivity index (χ0n) is 10.7. The Bertz CT molecular complexity index is 412. The monoisotopic (exact) mass is 267 g/mol. The second-order valence-corrected chi connectivity index (χ2v) is 4.81. The molecule has 0 spiro atoms. The number of rotatable bonds is 2. The van der Waals surface area contributed by atoms with Crippen LogP contribution in [0.25, 0.3) is 0 Å². The normalized spacial score (nSPS) is 16.3. The molecular formula is C13H17NO5. The molecule has 6 nitrogen and oxygen atoms in total. The molecule has 0 atom stereocenters. The summed E-state index contributed by atoms with van der Waals surface area (Å²) in [4.78, 5) is 19.9. The third kappa shape index (κ3) is 5.05. The predicted octanol–water partition coefficient (Wildman–Crippen LogP) is 2.60. The number of carboxylic acids is 1. The molecule has 0 bridgehead atoms. The molecular weight excluding hydrogens is 250 g/mol. The van der Waals surface area contributed by atoms with Crippen LogP contribution in [0.2, 0.25) is 0 Å². The molecule has 1 aromatic carbocycles. The molecule has 6 heteroatoms. The van der Waals surface area contributed by atoms with E-state index in [4.69, 9.17) is 5.11 Å². The van der Waals surface area contributed by atoms with Crippen molar-refractivity contribution >= 4 is 11.7 Å². The molecule has 1 aromatic rings. The summed E-state index contributed by atoms with van der Waals surface area (Å²) in [5, 5.41) is 27.8. The second-order valence-electron chi connectivity index (χ2n) is 4.81. The van der Waals surface area contributed by atoms with Crippen LogP contribution in [0.15, 0.2) is 24.3 Å². The van der Waals surface area contributed by atoms with Gasteiger partial charge in [0.25, 0.3) is 5.69 Å². The van der Waals surface area contributed by atoms with E-state index >= 15 is 0 Å². The molecule has 104 valence electrons. The minimum Gasteiger partial charge on any atom is -0.478 e. The molecule has 19 heavy (non-hydrogen) atoms. The number of hydrogen-bond donors (Lipinski definition) is 2. The number of benzene rings is 1. The Morgan fingerprint density at radius 1 is 1.26 bits per heavy atom. The van der Waals surface area contributed by atoms with Gasteiger partial charge < -0.3 is 10.2 Å². The molecule has 1 aliphatic rings. The van der Waals surface area contributed by atoms with Gasteiger partial charge in [-0.15, -0.1) is 0 Å². The predicted molar refractivity (Wildman–Crippen MR) is 69.1 cm³/mol. The van der Waals surface area contributed by atoms with E-state index in [2.05, 4.69) is 0 Å². The van der Waals surface area contributed by atoms with Gasteiger partial charge in [0.1, 0.15) is 0 Å². The summed E-state index contributed by atoms with van der Waals surface area (Å²) < 4.78 is 0. The number of nitro benzene ring substituents is 1. The summed E-state index contributed by atoms with van der Waals surface area (Å²) in [6.45, 7) is 1.92. The van der Waals surface area contributed by atoms with Gasteiger partial charge in [0, 0.05) is 12.1 Å². The molecule has 1 fully saturated rings. The maximum absolute atomic E-state index is 10.3. The van der Waals surface area contributed by atoms with Crippen LogP contribution in [0.4, 0.5) is 5.69 Å². The average Bonchev–Trinajstić information content (AvgIpc) is 2.74. The third-order valence-electron chi connectivity index (χ3n) is 3.01. The number of aromatic carboxylic acids is 1. The third-order valence-corrected chi connectivity index (χ3v) is 3.01. The maximum atomic E-state index is 10.3. The molecule has 0 amide bonds. The van der Waals surface area contributed by atoms with Gasteiger partial charge >= 0.3 is 5.97 Å². The first-order valence-corrected chi connectivity index (χ1v) is 6.02. The highest BCUT2D eigenvalue weighted by Crippen LogP contribution is 2.27. The average molecular weight is 267 g/mol. The Morgan fingerprint density at radius 3 is 2.00 bits per heavy atom. The summed E-state index contributed by atoms with van der Waals surface area (Å²) in [5.41, 5.74) is -0.374. The van der Waals surface area contributed by atoms with Crippen LogP contribution in [0.5, 0.6) is 0 Å². The topological polar surface area (TPSA) is 101 Å². The summed E-state index contributed by atoms with van der Waals surface area (Å²) in [6, 6.07) is 4.70. The van der Waals surface area contributed by atoms with Crippen LogP contribution in [-0.4, -0.2) is 26.7 Å². The van der Waals surface area contributed by atoms with Crippen LogP contribution < -0.4 is 0 Å². The second kappa shape index (κ2) is 6.29. The largest absolute Gasteiger partial charge is 0.478 e. The highest BCUT2D eigenvalue weighted by molar-refractivity contribution is 5.87. The van der Waals surface area contributed by atoms with Crippen molar-refractivity contribution in [1.82, 2.24) is 0 Å². The van der Waals surface area contributed by atoms with Gasteiger partial charge in [-0.3, -0.25) is 10.1 Å². The van der Waals surface area contributed by atoms with Crippen molar-refractivity contribution in [3.63, 3.8) is 0 Å². The van der Waals surface area contributed by atoms with Crippen molar-refractivity contribution in [2.75, 3.05) is 0 Å². The van der Waals surface area contributed by atoms with Gasteiger partial charge in [-0.25, -0.2) is 4.79 Å². The Hall–Kier alpha value is -1.95. The van der Waals surface area contributed by atoms with Crippen LogP contribution in [-0.2, 0) is 0 Å². The highest BCUT2D eigenvalue weighted by Gasteiger charge is 2.24. The standard InChI is InChI=1S/C7H5NO4.C6H12O/c9-7(10)5-1-3-6(4-2-5)8(11)12;1-6(7)4-2-3-5-6/h1-4H,(H,9,10);7H,2-5H2,1H3. The van der Waals surface area contributed by atoms with E-state index in [9.17, 15) is 20.0 Å². The number of nitrogens with zero attached hydrogens (tertiary/aromatic N) is 1. The molecule has 2 rings (SSSR count). The van der Waals surface area contributed by atoms with E-state index in [0.717, 1.165) is 25.0 Å². The van der Waals surface area contributed by atoms with E-state index in [-0.39, 0.29) is 16.9 Å². The van der Waals surface area contributed by atoms with Gasteiger partial charge in [-0.1, -0.05) is 12.8 Å². The molecule has 0 saturated heterocycles. The molecule has 0 radical (unpaired) electrons. The lowest BCUT2D eigenvalue weighted by atomic mass is 10.1. The maximum Gasteiger partial charge on any atom is 0.335 e. The van der Waals surface area contributed by atoms with Gasteiger partial charge in [0.15, 0.2) is 0 Å². The van der Waals surface area contributed by atoms with Crippen molar-refractivity contribution in [2.45, 2.75) is 38.2 Å². The Morgan fingerprint density at radius 2 is 1.74 bits per heavy atom. The number of carbonyl (C=O) groups is 1. The van der Waals surface area contributed by atoms with E-state index < -0.39 is 10.9 Å². The Balaban J connectivity index is 0.000000218. The number of aliphatic hydroxyl groups is 1. The summed E-state index contributed by atoms with van der Waals surface area (Å²) >= 11 is 0. The van der Waals surface area contributed by atoms with Crippen molar-refractivity contribution in [2.24, 2.45) is 0 Å². The van der Waals surface area contributed by atoms with Crippen molar-refractivity contribution in [3.05, 3.63) is 39.9 Å². The smallest absolute Gasteiger partial charge is 0.335 e. The fraction of sp³-hybridized carbons (Fsp3) is 0.462. The zero-order chi connectivity index (χ0) is 14.5. The number of carboxylic acid groups (broad SMARTS) is 1. The van der Waals surface area contributed by atoms with E-state index in [1.165, 1.54) is 25.0 Å². The molecule has 0 unspecified atom stereocenters. The summed E-state index contributed by atoms with van der Waals surface area (Å²) in [7, 11) is 0. The first-order chi connectivity index (χ1) is 8.82. The number of nitro groups is 1. The first kappa shape index (κ1) is 15.1. The van der Waals surface area contributed by atoms with Crippen LogP contribution >= 0.6 is 0 Å². The lowest BCUT2D eigenvalue weighted by Gasteiger charge is -2.12. The zero-order valence-corrected chi connectivity index (χ0v) is 10.7. The van der Waals surface area contributed by atoms with Crippen LogP contribution in [0, 0.1) is 10.1 Å². The SMILES string of the molecule is CC1(O)CCCC1.O=C(O)c1ccc([N+](=O)[O-])cc1. The fourth-order valence-electron chi connectivity index (χ4n) is 1.86. The molecule has 1 saturated carbocycles. The number of hydrogen-bond acceptors (Lipinski definition) is 4. The minimum absolute atomic E-state index is 0.0422. The molecule has 0 aromatic heterocycles. The minimum atomic E-state index is -1.09. The highest BCUT2D eigenvalue weighted by atomic mass is 16.6. The fourth-order valence-corrected chi connectivity index (χ4v) is 1.86. The van der Waals surface area contributed by atoms with Gasteiger partial charge in [0.05, 0.1) is 16.1 Å². The summed E-state index contributed by atoms with van der Waals surface area (Å²) in [6.07, 6.45) is 4.44. The lowest BCUT2D eigenvalue weighted by Crippen LogP contribution is -2.17. The van der Waals surface area contributed by atoms with Crippen molar-refractivity contribution in [3.8, 4) is 0 Å². The first-order valence-electron chi connectivity index (χ1n) is 6.02. The lowest BCUT2D eigenvalue weighted by molar-refractivity contribution is -0.384. The number of non-ortho nitro benzene ring substituents is 1. The molecule has 0 heterocycles. The van der Waals surface area contributed by atoms with Crippen LogP contribution in [0.3, 0.4) is 0 Å². The van der Waals surface area contributed by atoms with E-state index in [1.807, 2.05) is 6.92 Å². The van der Waals surface area contributed by atoms with Gasteiger partial charge in [-0.2, -0.15) is 0 Å². The van der Waals surface area contributed by atoms with Crippen LogP contribution in [0.1, 0.15) is 43.0 Å². The van der Waals surface area contributed by atoms with E-state index in [1.54, 1.807) is 0 Å². The quantitative estimate of drug-likeness (QED) is 0.633. The Kier molecular flexibility index (Phi) is 5.00. The molecule has 1 aliphatic carbocycles. The van der Waals surface area contributed by atoms with Gasteiger partial charge in [-0.05, 0) is 31.9 Å². The summed E-state index contributed by atoms with van der Waals surface area (Å²) in [5.74, 6) is -1.09. The molecule has 2 N–H and O–H groups in total. The van der Waals surface area contributed by atoms with Crippen molar-refractivity contribution in [1.29, 1.82) is 0 Å². The Labute approximate surface area is 110 Å². The van der Waals surface area contributed by atoms with Gasteiger partial charge in [0.2, 0.25) is 0 Å². The van der Waals surface area contributed by atoms with E-state index in [0.29, 0.717) is 0 Å².